The smallest absolute Gasteiger partial charge is 0.0334 e. The minimum Gasteiger partial charge on any atom is -0.312 e. The van der Waals surface area contributed by atoms with E-state index < -0.39 is 0 Å². The second-order valence-corrected chi connectivity index (χ2v) is 5.15. The van der Waals surface area contributed by atoms with Gasteiger partial charge in [-0.3, -0.25) is 4.90 Å². The predicted molar refractivity (Wildman–Crippen MR) is 78.5 cm³/mol. The van der Waals surface area contributed by atoms with Gasteiger partial charge in [-0.1, -0.05) is 33.3 Å². The Morgan fingerprint density at radius 3 is 2.06 bits per heavy atom. The fourth-order valence-corrected chi connectivity index (χ4v) is 2.74. The van der Waals surface area contributed by atoms with E-state index in [9.17, 15) is 0 Å². The Labute approximate surface area is 108 Å². The van der Waals surface area contributed by atoms with Gasteiger partial charge < -0.3 is 5.32 Å². The third-order valence-corrected chi connectivity index (χ3v) is 3.96. The van der Waals surface area contributed by atoms with E-state index in [1.807, 2.05) is 0 Å². The fourth-order valence-electron chi connectivity index (χ4n) is 2.74. The Kier molecular flexibility index (Phi) is 7.73. The van der Waals surface area contributed by atoms with Crippen molar-refractivity contribution < 1.29 is 0 Å². The maximum Gasteiger partial charge on any atom is 0.0334 e. The second kappa shape index (κ2) is 7.88. The van der Waals surface area contributed by atoms with E-state index in [1.54, 1.807) is 0 Å². The van der Waals surface area contributed by atoms with Crippen LogP contribution in [0.1, 0.15) is 54.4 Å². The maximum absolute atomic E-state index is 4.08. The van der Waals surface area contributed by atoms with E-state index in [1.165, 1.54) is 12.0 Å². The molecule has 2 heteroatoms. The molecule has 0 aliphatic carbocycles. The van der Waals surface area contributed by atoms with Crippen molar-refractivity contribution >= 4 is 0 Å². The fraction of sp³-hybridized carbons (Fsp3) is 0.867. The lowest BCUT2D eigenvalue weighted by Gasteiger charge is -2.46. The number of hydrogen-bond donors (Lipinski definition) is 1. The van der Waals surface area contributed by atoms with Crippen LogP contribution in [0.3, 0.4) is 0 Å². The Balaban J connectivity index is 5.01. The van der Waals surface area contributed by atoms with Crippen molar-refractivity contribution in [2.24, 2.45) is 0 Å². The molecule has 2 unspecified atom stereocenters. The van der Waals surface area contributed by atoms with Crippen LogP contribution >= 0.6 is 0 Å². The molecule has 1 N–H and O–H groups in total. The highest BCUT2D eigenvalue weighted by atomic mass is 15.2. The first-order chi connectivity index (χ1) is 7.96. The normalized spacial score (nSPS) is 16.9. The van der Waals surface area contributed by atoms with Gasteiger partial charge in [-0.15, -0.1) is 6.58 Å². The number of nitrogens with one attached hydrogen (secondary N) is 1. The van der Waals surface area contributed by atoms with E-state index in [2.05, 4.69) is 58.3 Å². The molecule has 0 aromatic carbocycles. The van der Waals surface area contributed by atoms with Gasteiger partial charge in [0.05, 0.1) is 0 Å². The summed E-state index contributed by atoms with van der Waals surface area (Å²) in [6.07, 6.45) is 2.23. The largest absolute Gasteiger partial charge is 0.312 e. The maximum atomic E-state index is 4.08. The Morgan fingerprint density at radius 2 is 1.76 bits per heavy atom. The summed E-state index contributed by atoms with van der Waals surface area (Å²) in [5.41, 5.74) is 1.49. The second-order valence-electron chi connectivity index (χ2n) is 5.15. The molecule has 2 atom stereocenters. The monoisotopic (exact) mass is 240 g/mol. The van der Waals surface area contributed by atoms with Crippen LogP contribution in [0.2, 0.25) is 0 Å². The molecule has 0 heterocycles. The van der Waals surface area contributed by atoms with Gasteiger partial charge in [0.15, 0.2) is 0 Å². The Hall–Kier alpha value is -0.340. The molecule has 0 bridgehead atoms. The summed E-state index contributed by atoms with van der Waals surface area (Å²) in [7, 11) is 0. The number of likely N-dealkylation sites (N-methyl/N-ethyl adjacent to an activating group) is 2. The number of hydrogen-bond acceptors (Lipinski definition) is 2. The molecule has 0 amide bonds. The molecule has 0 aliphatic rings. The van der Waals surface area contributed by atoms with Gasteiger partial charge in [0.2, 0.25) is 0 Å². The van der Waals surface area contributed by atoms with Crippen molar-refractivity contribution in [3.8, 4) is 0 Å². The molecule has 0 spiro atoms. The third-order valence-electron chi connectivity index (χ3n) is 3.96. The van der Waals surface area contributed by atoms with E-state index in [0.29, 0.717) is 6.04 Å². The van der Waals surface area contributed by atoms with Crippen molar-refractivity contribution in [2.75, 3.05) is 19.6 Å². The molecule has 17 heavy (non-hydrogen) atoms. The lowest BCUT2D eigenvalue weighted by atomic mass is 9.83. The number of rotatable bonds is 9. The molecule has 0 radical (unpaired) electrons. The zero-order valence-electron chi connectivity index (χ0n) is 12.8. The van der Waals surface area contributed by atoms with Gasteiger partial charge in [-0.2, -0.15) is 0 Å². The molecule has 0 saturated heterocycles. The minimum absolute atomic E-state index is 0.221. The van der Waals surface area contributed by atoms with Gasteiger partial charge in [0.25, 0.3) is 0 Å². The first kappa shape index (κ1) is 16.7. The van der Waals surface area contributed by atoms with Crippen LogP contribution in [-0.4, -0.2) is 36.1 Å². The molecule has 0 aliphatic heterocycles. The van der Waals surface area contributed by atoms with E-state index >= 15 is 0 Å². The molecule has 0 aromatic rings. The van der Waals surface area contributed by atoms with Crippen LogP contribution in [-0.2, 0) is 0 Å². The van der Waals surface area contributed by atoms with Gasteiger partial charge >= 0.3 is 0 Å². The predicted octanol–water partition coefficient (Wildman–Crippen LogP) is 3.44. The summed E-state index contributed by atoms with van der Waals surface area (Å²) in [5.74, 6) is 0. The van der Waals surface area contributed by atoms with Crippen LogP contribution in [0.4, 0.5) is 0 Å². The quantitative estimate of drug-likeness (QED) is 0.621. The molecule has 2 nitrogen and oxygen atoms in total. The zero-order chi connectivity index (χ0) is 13.5. The summed E-state index contributed by atoms with van der Waals surface area (Å²) in [5, 5.41) is 3.65. The van der Waals surface area contributed by atoms with Crippen molar-refractivity contribution in [1.29, 1.82) is 0 Å². The van der Waals surface area contributed by atoms with Gasteiger partial charge in [-0.05, 0) is 46.3 Å². The zero-order valence-corrected chi connectivity index (χ0v) is 12.8. The van der Waals surface area contributed by atoms with Crippen LogP contribution in [0.5, 0.6) is 0 Å². The van der Waals surface area contributed by atoms with Crippen molar-refractivity contribution in [2.45, 2.75) is 66.0 Å². The van der Waals surface area contributed by atoms with E-state index in [4.69, 9.17) is 0 Å². The molecular weight excluding hydrogens is 208 g/mol. The molecule has 102 valence electrons. The minimum atomic E-state index is 0.221. The van der Waals surface area contributed by atoms with Crippen molar-refractivity contribution in [1.82, 2.24) is 10.2 Å². The summed E-state index contributed by atoms with van der Waals surface area (Å²) in [6, 6.07) is 0.495. The van der Waals surface area contributed by atoms with E-state index in [0.717, 1.165) is 26.1 Å². The highest BCUT2D eigenvalue weighted by Gasteiger charge is 2.36. The lowest BCUT2D eigenvalue weighted by molar-refractivity contribution is 0.0707. The standard InChI is InChI=1S/C15H32N2/c1-8-15(7,17(10-3)11-4)14(16-9-2)12-13(5)6/h14,16H,5,8-12H2,1-4,6-7H3. The third kappa shape index (κ3) is 4.44. The Bertz CT molecular complexity index is 221. The van der Waals surface area contributed by atoms with Crippen molar-refractivity contribution in [3.63, 3.8) is 0 Å². The van der Waals surface area contributed by atoms with E-state index in [-0.39, 0.29) is 5.54 Å². The first-order valence-electron chi connectivity index (χ1n) is 7.08. The first-order valence-corrected chi connectivity index (χ1v) is 7.08. The molecule has 0 aromatic heterocycles. The Morgan fingerprint density at radius 1 is 1.24 bits per heavy atom. The molecule has 0 saturated carbocycles. The van der Waals surface area contributed by atoms with Crippen LogP contribution < -0.4 is 5.32 Å². The highest BCUT2D eigenvalue weighted by Crippen LogP contribution is 2.27. The SMILES string of the molecule is C=C(C)CC(NCC)C(C)(CC)N(CC)CC. The van der Waals surface area contributed by atoms with Crippen molar-refractivity contribution in [3.05, 3.63) is 12.2 Å². The summed E-state index contributed by atoms with van der Waals surface area (Å²) in [4.78, 5) is 2.57. The summed E-state index contributed by atoms with van der Waals surface area (Å²) < 4.78 is 0. The molecular formula is C15H32N2. The topological polar surface area (TPSA) is 15.3 Å². The number of nitrogens with zero attached hydrogens (tertiary/aromatic N) is 1. The average molecular weight is 240 g/mol. The van der Waals surface area contributed by atoms with Gasteiger partial charge in [0.1, 0.15) is 0 Å². The summed E-state index contributed by atoms with van der Waals surface area (Å²) >= 11 is 0. The highest BCUT2D eigenvalue weighted by molar-refractivity contribution is 5.03. The van der Waals surface area contributed by atoms with Crippen LogP contribution in [0.25, 0.3) is 0 Å². The summed E-state index contributed by atoms with van der Waals surface area (Å²) in [6.45, 7) is 20.8. The molecule has 0 rings (SSSR count). The van der Waals surface area contributed by atoms with Crippen LogP contribution in [0, 0.1) is 0 Å². The molecule has 0 fully saturated rings. The van der Waals surface area contributed by atoms with Gasteiger partial charge in [0, 0.05) is 11.6 Å². The average Bonchev–Trinajstić information content (AvgIpc) is 2.29. The van der Waals surface area contributed by atoms with Crippen LogP contribution in [0.15, 0.2) is 12.2 Å². The lowest BCUT2D eigenvalue weighted by Crippen LogP contribution is -2.59. The van der Waals surface area contributed by atoms with Gasteiger partial charge in [-0.25, -0.2) is 0 Å².